The van der Waals surface area contributed by atoms with Crippen molar-refractivity contribution in [3.05, 3.63) is 24.3 Å². The van der Waals surface area contributed by atoms with E-state index in [2.05, 4.69) is 10.2 Å². The molecule has 1 atom stereocenters. The molecule has 0 aromatic heterocycles. The lowest BCUT2D eigenvalue weighted by molar-refractivity contribution is -0.126. The lowest BCUT2D eigenvalue weighted by Crippen LogP contribution is -2.49. The average molecular weight is 343 g/mol. The van der Waals surface area contributed by atoms with Gasteiger partial charge in [0.25, 0.3) is 0 Å². The Morgan fingerprint density at radius 1 is 1.28 bits per heavy atom. The molecule has 25 heavy (non-hydrogen) atoms. The number of carbonyl (C=O) groups is 2. The lowest BCUT2D eigenvalue weighted by Gasteiger charge is -2.32. The molecule has 3 aliphatic rings. The van der Waals surface area contributed by atoms with Crippen LogP contribution >= 0.6 is 0 Å². The summed E-state index contributed by atoms with van der Waals surface area (Å²) in [4.78, 5) is 29.0. The molecule has 4 rings (SSSR count). The largest absolute Gasteiger partial charge is 0.508 e. The molecule has 2 amide bonds. The monoisotopic (exact) mass is 343 g/mol. The molecule has 0 saturated carbocycles. The van der Waals surface area contributed by atoms with Crippen LogP contribution < -0.4 is 10.2 Å². The molecule has 3 saturated heterocycles. The van der Waals surface area contributed by atoms with Gasteiger partial charge in [-0.15, -0.1) is 0 Å². The predicted octanol–water partition coefficient (Wildman–Crippen LogP) is 1.49. The first kappa shape index (κ1) is 16.4. The molecule has 0 aliphatic carbocycles. The average Bonchev–Trinajstić information content (AvgIpc) is 3.26. The standard InChI is InChI=1S/C19H25N3O3/c23-16-5-1-4-15(11-16)22-12-14(10-17(22)24)18(25)20-13-19-6-2-8-21(19)9-3-7-19/h1,4-5,11,14,23H,2-3,6-10,12-13H2,(H,20,25)/t14-/m1/s1. The van der Waals surface area contributed by atoms with Gasteiger partial charge in [-0.3, -0.25) is 14.5 Å². The zero-order chi connectivity index (χ0) is 17.4. The van der Waals surface area contributed by atoms with Gasteiger partial charge in [-0.05, 0) is 50.9 Å². The second-order valence-corrected chi connectivity index (χ2v) is 7.56. The highest BCUT2D eigenvalue weighted by Crippen LogP contribution is 2.38. The second-order valence-electron chi connectivity index (χ2n) is 7.56. The molecular weight excluding hydrogens is 318 g/mol. The predicted molar refractivity (Wildman–Crippen MR) is 94.3 cm³/mol. The first-order valence-corrected chi connectivity index (χ1v) is 9.20. The SMILES string of the molecule is O=C(NCC12CCCN1CCC2)[C@@H]1CC(=O)N(c2cccc(O)c2)C1. The van der Waals surface area contributed by atoms with Crippen molar-refractivity contribution in [2.45, 2.75) is 37.6 Å². The second kappa shape index (κ2) is 6.33. The highest BCUT2D eigenvalue weighted by Gasteiger charge is 2.45. The smallest absolute Gasteiger partial charge is 0.227 e. The van der Waals surface area contributed by atoms with Gasteiger partial charge in [-0.1, -0.05) is 6.07 Å². The molecule has 3 aliphatic heterocycles. The number of nitrogens with zero attached hydrogens (tertiary/aromatic N) is 2. The molecule has 3 heterocycles. The Morgan fingerprint density at radius 2 is 2.04 bits per heavy atom. The van der Waals surface area contributed by atoms with E-state index in [1.807, 2.05) is 0 Å². The Bertz CT molecular complexity index is 680. The Labute approximate surface area is 147 Å². The number of benzene rings is 1. The third kappa shape index (κ3) is 2.99. The van der Waals surface area contributed by atoms with Gasteiger partial charge in [0.15, 0.2) is 0 Å². The van der Waals surface area contributed by atoms with E-state index in [0.29, 0.717) is 18.8 Å². The van der Waals surface area contributed by atoms with Crippen LogP contribution in [0.3, 0.4) is 0 Å². The van der Waals surface area contributed by atoms with E-state index in [0.717, 1.165) is 25.9 Å². The van der Waals surface area contributed by atoms with Gasteiger partial charge in [0.1, 0.15) is 5.75 Å². The third-order valence-electron chi connectivity index (χ3n) is 6.04. The lowest BCUT2D eigenvalue weighted by atomic mass is 9.93. The fraction of sp³-hybridized carbons (Fsp3) is 0.579. The van der Waals surface area contributed by atoms with Crippen LogP contribution in [-0.2, 0) is 9.59 Å². The molecule has 3 fully saturated rings. The van der Waals surface area contributed by atoms with E-state index in [4.69, 9.17) is 0 Å². The summed E-state index contributed by atoms with van der Waals surface area (Å²) in [7, 11) is 0. The Kier molecular flexibility index (Phi) is 4.15. The highest BCUT2D eigenvalue weighted by molar-refractivity contribution is 6.00. The number of fused-ring (bicyclic) bond motifs is 1. The van der Waals surface area contributed by atoms with Gasteiger partial charge < -0.3 is 15.3 Å². The van der Waals surface area contributed by atoms with Gasteiger partial charge in [0, 0.05) is 36.8 Å². The maximum atomic E-state index is 12.6. The van der Waals surface area contributed by atoms with E-state index in [9.17, 15) is 14.7 Å². The van der Waals surface area contributed by atoms with Crippen LogP contribution in [0.2, 0.25) is 0 Å². The molecule has 0 unspecified atom stereocenters. The fourth-order valence-corrected chi connectivity index (χ4v) is 4.70. The summed E-state index contributed by atoms with van der Waals surface area (Å²) in [5, 5.41) is 12.7. The molecule has 0 bridgehead atoms. The van der Waals surface area contributed by atoms with Gasteiger partial charge >= 0.3 is 0 Å². The molecule has 6 nitrogen and oxygen atoms in total. The number of amides is 2. The Balaban J connectivity index is 1.38. The van der Waals surface area contributed by atoms with Crippen molar-refractivity contribution in [2.75, 3.05) is 31.1 Å². The van der Waals surface area contributed by atoms with Crippen molar-refractivity contribution in [3.63, 3.8) is 0 Å². The topological polar surface area (TPSA) is 72.9 Å². The number of rotatable bonds is 4. The molecule has 1 aromatic carbocycles. The summed E-state index contributed by atoms with van der Waals surface area (Å²) >= 11 is 0. The molecule has 6 heteroatoms. The normalized spacial score (nSPS) is 25.4. The van der Waals surface area contributed by atoms with Crippen LogP contribution in [0.15, 0.2) is 24.3 Å². The first-order valence-electron chi connectivity index (χ1n) is 9.20. The zero-order valence-electron chi connectivity index (χ0n) is 14.4. The molecule has 134 valence electrons. The number of hydrogen-bond acceptors (Lipinski definition) is 4. The van der Waals surface area contributed by atoms with E-state index >= 15 is 0 Å². The van der Waals surface area contributed by atoms with Crippen LogP contribution in [-0.4, -0.2) is 53.5 Å². The zero-order valence-corrected chi connectivity index (χ0v) is 14.4. The minimum atomic E-state index is -0.317. The number of hydrogen-bond donors (Lipinski definition) is 2. The maximum absolute atomic E-state index is 12.6. The molecule has 2 N–H and O–H groups in total. The highest BCUT2D eigenvalue weighted by atomic mass is 16.3. The minimum Gasteiger partial charge on any atom is -0.508 e. The van der Waals surface area contributed by atoms with Crippen LogP contribution in [0.4, 0.5) is 5.69 Å². The fourth-order valence-electron chi connectivity index (χ4n) is 4.70. The summed E-state index contributed by atoms with van der Waals surface area (Å²) in [6.07, 6.45) is 4.98. The van der Waals surface area contributed by atoms with Crippen molar-refractivity contribution in [1.29, 1.82) is 0 Å². The van der Waals surface area contributed by atoms with Crippen molar-refractivity contribution < 1.29 is 14.7 Å². The third-order valence-corrected chi connectivity index (χ3v) is 6.04. The van der Waals surface area contributed by atoms with Crippen molar-refractivity contribution in [3.8, 4) is 5.75 Å². The van der Waals surface area contributed by atoms with Crippen molar-refractivity contribution >= 4 is 17.5 Å². The van der Waals surface area contributed by atoms with Crippen LogP contribution in [0.1, 0.15) is 32.1 Å². The minimum absolute atomic E-state index is 0.0240. The molecule has 0 radical (unpaired) electrons. The van der Waals surface area contributed by atoms with E-state index in [-0.39, 0.29) is 35.4 Å². The Morgan fingerprint density at radius 3 is 2.76 bits per heavy atom. The number of anilines is 1. The summed E-state index contributed by atoms with van der Waals surface area (Å²) < 4.78 is 0. The molecular formula is C19H25N3O3. The van der Waals surface area contributed by atoms with Crippen molar-refractivity contribution in [1.82, 2.24) is 10.2 Å². The molecule has 0 spiro atoms. The Hall–Kier alpha value is -2.08. The summed E-state index contributed by atoms with van der Waals surface area (Å²) in [6.45, 7) is 3.36. The summed E-state index contributed by atoms with van der Waals surface area (Å²) in [5.41, 5.74) is 0.806. The van der Waals surface area contributed by atoms with Gasteiger partial charge in [-0.2, -0.15) is 0 Å². The van der Waals surface area contributed by atoms with Crippen LogP contribution in [0.25, 0.3) is 0 Å². The number of nitrogens with one attached hydrogen (secondary N) is 1. The summed E-state index contributed by atoms with van der Waals surface area (Å²) in [5.74, 6) is -0.279. The van der Waals surface area contributed by atoms with E-state index < -0.39 is 0 Å². The van der Waals surface area contributed by atoms with Crippen molar-refractivity contribution in [2.24, 2.45) is 5.92 Å². The maximum Gasteiger partial charge on any atom is 0.227 e. The number of phenols is 1. The number of carbonyl (C=O) groups excluding carboxylic acids is 2. The number of aromatic hydroxyl groups is 1. The van der Waals surface area contributed by atoms with E-state index in [1.165, 1.54) is 12.8 Å². The van der Waals surface area contributed by atoms with Gasteiger partial charge in [0.05, 0.1) is 5.92 Å². The number of phenolic OH excluding ortho intramolecular Hbond substituents is 1. The quantitative estimate of drug-likeness (QED) is 0.869. The van der Waals surface area contributed by atoms with Crippen LogP contribution in [0.5, 0.6) is 5.75 Å². The van der Waals surface area contributed by atoms with E-state index in [1.54, 1.807) is 29.2 Å². The van der Waals surface area contributed by atoms with Crippen LogP contribution in [0, 0.1) is 5.92 Å². The summed E-state index contributed by atoms with van der Waals surface area (Å²) in [6, 6.07) is 6.62. The first-order chi connectivity index (χ1) is 12.1. The van der Waals surface area contributed by atoms with Gasteiger partial charge in [0.2, 0.25) is 11.8 Å². The molecule has 1 aromatic rings. The van der Waals surface area contributed by atoms with Gasteiger partial charge in [-0.25, -0.2) is 0 Å².